The number of hydrogen-bond acceptors (Lipinski definition) is 2. The second kappa shape index (κ2) is 7.60. The summed E-state index contributed by atoms with van der Waals surface area (Å²) in [6.07, 6.45) is 13.7. The van der Waals surface area contributed by atoms with E-state index < -0.39 is 5.97 Å². The molecule has 0 saturated heterocycles. The number of carboxylic acids is 1. The van der Waals surface area contributed by atoms with Crippen LogP contribution in [0.25, 0.3) is 0 Å². The fourth-order valence-electron chi connectivity index (χ4n) is 8.99. The third kappa shape index (κ3) is 3.34. The Morgan fingerprint density at radius 3 is 2.46 bits per heavy atom. The van der Waals surface area contributed by atoms with E-state index in [0.717, 1.165) is 55.3 Å². The molecule has 4 rings (SSSR count). The lowest BCUT2D eigenvalue weighted by atomic mass is 9.44. The molecule has 4 aliphatic carbocycles. The Hall–Kier alpha value is -0.570. The smallest absolute Gasteiger partial charge is 0.303 e. The van der Waals surface area contributed by atoms with E-state index >= 15 is 0 Å². The number of aliphatic hydroxyl groups is 1. The van der Waals surface area contributed by atoms with E-state index in [9.17, 15) is 9.90 Å². The molecule has 0 heterocycles. The van der Waals surface area contributed by atoms with Gasteiger partial charge in [0.2, 0.25) is 0 Å². The summed E-state index contributed by atoms with van der Waals surface area (Å²) < 4.78 is 0. The number of aliphatic hydroxyl groups excluding tert-OH is 1. The molecule has 9 atom stereocenters. The second-order valence-corrected chi connectivity index (χ2v) is 11.6. The quantitative estimate of drug-likeness (QED) is 0.614. The summed E-state index contributed by atoms with van der Waals surface area (Å²) in [5.41, 5.74) is 0.940. The van der Waals surface area contributed by atoms with Crippen LogP contribution in [0.2, 0.25) is 0 Å². The van der Waals surface area contributed by atoms with Crippen LogP contribution in [0.5, 0.6) is 0 Å². The van der Waals surface area contributed by atoms with Gasteiger partial charge in [0.05, 0.1) is 6.10 Å². The molecule has 3 heteroatoms. The van der Waals surface area contributed by atoms with E-state index in [1.807, 2.05) is 0 Å². The number of aliphatic carboxylic acids is 1. The summed E-state index contributed by atoms with van der Waals surface area (Å²) in [7, 11) is 0. The van der Waals surface area contributed by atoms with Crippen LogP contribution in [0, 0.1) is 46.3 Å². The van der Waals surface area contributed by atoms with Gasteiger partial charge in [-0.1, -0.05) is 20.8 Å². The highest BCUT2D eigenvalue weighted by Crippen LogP contribution is 2.68. The summed E-state index contributed by atoms with van der Waals surface area (Å²) >= 11 is 0. The molecule has 0 aliphatic heterocycles. The average Bonchev–Trinajstić information content (AvgIpc) is 2.99. The van der Waals surface area contributed by atoms with E-state index in [1.54, 1.807) is 0 Å². The highest BCUT2D eigenvalue weighted by atomic mass is 16.4. The molecule has 0 aromatic rings. The van der Waals surface area contributed by atoms with Gasteiger partial charge in [0.1, 0.15) is 0 Å². The summed E-state index contributed by atoms with van der Waals surface area (Å²) in [6.45, 7) is 7.56. The first-order valence-corrected chi connectivity index (χ1v) is 12.2. The zero-order valence-corrected chi connectivity index (χ0v) is 18.3. The summed E-state index contributed by atoms with van der Waals surface area (Å²) in [5, 5.41) is 19.2. The lowest BCUT2D eigenvalue weighted by molar-refractivity contribution is -0.137. The van der Waals surface area contributed by atoms with Crippen LogP contribution in [0.3, 0.4) is 0 Å². The Bertz CT molecular complexity index is 588. The van der Waals surface area contributed by atoms with Crippen LogP contribution in [-0.4, -0.2) is 22.3 Å². The molecule has 4 aliphatic rings. The Morgan fingerprint density at radius 2 is 1.71 bits per heavy atom. The molecular weight excluding hydrogens is 348 g/mol. The monoisotopic (exact) mass is 390 g/mol. The van der Waals surface area contributed by atoms with Gasteiger partial charge in [0.25, 0.3) is 0 Å². The van der Waals surface area contributed by atoms with E-state index in [2.05, 4.69) is 20.8 Å². The number of hydrogen-bond donors (Lipinski definition) is 2. The van der Waals surface area contributed by atoms with Gasteiger partial charge in [-0.15, -0.1) is 0 Å². The van der Waals surface area contributed by atoms with E-state index in [1.165, 1.54) is 44.9 Å². The number of carboxylic acid groups (broad SMARTS) is 1. The molecule has 28 heavy (non-hydrogen) atoms. The van der Waals surface area contributed by atoms with Crippen molar-refractivity contribution in [2.45, 2.75) is 104 Å². The molecule has 0 aromatic heterocycles. The maximum atomic E-state index is 10.9. The van der Waals surface area contributed by atoms with Gasteiger partial charge >= 0.3 is 5.97 Å². The van der Waals surface area contributed by atoms with Gasteiger partial charge in [-0.2, -0.15) is 0 Å². The van der Waals surface area contributed by atoms with Gasteiger partial charge in [0, 0.05) is 6.42 Å². The number of carbonyl (C=O) groups is 1. The van der Waals surface area contributed by atoms with Gasteiger partial charge in [-0.05, 0) is 117 Å². The molecule has 0 unspecified atom stereocenters. The minimum atomic E-state index is -0.647. The molecule has 2 N–H and O–H groups in total. The minimum absolute atomic E-state index is 0.0500. The molecular formula is C25H42O3. The van der Waals surface area contributed by atoms with Gasteiger partial charge in [-0.3, -0.25) is 4.79 Å². The number of rotatable bonds is 5. The predicted molar refractivity (Wildman–Crippen MR) is 112 cm³/mol. The van der Waals surface area contributed by atoms with Crippen molar-refractivity contribution in [2.75, 3.05) is 0 Å². The first kappa shape index (κ1) is 20.7. The molecule has 0 bridgehead atoms. The molecule has 4 saturated carbocycles. The van der Waals surface area contributed by atoms with E-state index in [4.69, 9.17) is 5.11 Å². The molecule has 3 nitrogen and oxygen atoms in total. The van der Waals surface area contributed by atoms with Gasteiger partial charge in [0.15, 0.2) is 0 Å². The highest BCUT2D eigenvalue weighted by molar-refractivity contribution is 5.66. The minimum Gasteiger partial charge on any atom is -0.481 e. The van der Waals surface area contributed by atoms with Crippen LogP contribution < -0.4 is 0 Å². The van der Waals surface area contributed by atoms with Crippen molar-refractivity contribution in [1.29, 1.82) is 0 Å². The summed E-state index contributed by atoms with van der Waals surface area (Å²) in [4.78, 5) is 10.9. The normalized spacial score (nSPS) is 49.0. The lowest BCUT2D eigenvalue weighted by Gasteiger charge is -2.61. The van der Waals surface area contributed by atoms with Crippen LogP contribution in [0.15, 0.2) is 0 Å². The van der Waals surface area contributed by atoms with Gasteiger partial charge < -0.3 is 10.2 Å². The summed E-state index contributed by atoms with van der Waals surface area (Å²) in [5.74, 6) is 4.18. The molecule has 0 amide bonds. The fraction of sp³-hybridized carbons (Fsp3) is 0.960. The van der Waals surface area contributed by atoms with Gasteiger partial charge in [-0.25, -0.2) is 0 Å². The Kier molecular flexibility index (Phi) is 5.61. The zero-order valence-electron chi connectivity index (χ0n) is 18.3. The lowest BCUT2D eigenvalue weighted by Crippen LogP contribution is -2.54. The van der Waals surface area contributed by atoms with Crippen molar-refractivity contribution in [3.63, 3.8) is 0 Å². The third-order valence-corrected chi connectivity index (χ3v) is 10.4. The highest BCUT2D eigenvalue weighted by Gasteiger charge is 2.60. The fourth-order valence-corrected chi connectivity index (χ4v) is 8.99. The molecule has 160 valence electrons. The summed E-state index contributed by atoms with van der Waals surface area (Å²) in [6, 6.07) is 0. The van der Waals surface area contributed by atoms with Crippen LogP contribution in [-0.2, 0) is 4.79 Å². The van der Waals surface area contributed by atoms with Crippen molar-refractivity contribution < 1.29 is 15.0 Å². The average molecular weight is 391 g/mol. The third-order valence-electron chi connectivity index (χ3n) is 10.4. The standard InChI is InChI=1S/C25H42O3/c1-16(5-4-6-23(27)28)20-9-10-21-19-8-7-17-15-18(26)11-13-24(17,2)22(19)12-14-25(20,21)3/h16-22,26H,4-15H2,1-3H3,(H,27,28)/t16-,17-,18-,19+,20-,21+,22+,24+,25-/m1/s1. The van der Waals surface area contributed by atoms with Crippen molar-refractivity contribution in [3.8, 4) is 0 Å². The van der Waals surface area contributed by atoms with Crippen molar-refractivity contribution in [2.24, 2.45) is 46.3 Å². The second-order valence-electron chi connectivity index (χ2n) is 11.6. The maximum absolute atomic E-state index is 10.9. The first-order valence-electron chi connectivity index (χ1n) is 12.2. The van der Waals surface area contributed by atoms with E-state index in [0.29, 0.717) is 23.2 Å². The Balaban J connectivity index is 1.47. The molecule has 0 aromatic carbocycles. The topological polar surface area (TPSA) is 57.5 Å². The van der Waals surface area contributed by atoms with E-state index in [-0.39, 0.29) is 6.10 Å². The van der Waals surface area contributed by atoms with Crippen LogP contribution >= 0.6 is 0 Å². The Morgan fingerprint density at radius 1 is 1.00 bits per heavy atom. The van der Waals surface area contributed by atoms with Crippen LogP contribution in [0.1, 0.15) is 97.8 Å². The van der Waals surface area contributed by atoms with Crippen molar-refractivity contribution in [3.05, 3.63) is 0 Å². The maximum Gasteiger partial charge on any atom is 0.303 e. The molecule has 4 fully saturated rings. The Labute approximate surface area is 171 Å². The zero-order chi connectivity index (χ0) is 20.1. The van der Waals surface area contributed by atoms with Crippen molar-refractivity contribution in [1.82, 2.24) is 0 Å². The van der Waals surface area contributed by atoms with Crippen molar-refractivity contribution >= 4 is 5.97 Å². The predicted octanol–water partition coefficient (Wildman–Crippen LogP) is 5.90. The molecule has 0 spiro atoms. The molecule has 0 radical (unpaired) electrons. The number of fused-ring (bicyclic) bond motifs is 5. The van der Waals surface area contributed by atoms with Crippen LogP contribution in [0.4, 0.5) is 0 Å². The SMILES string of the molecule is C[C@H](CCCC(=O)O)[C@H]1CC[C@H]2[C@@H]3CC[C@@H]4C[C@H](O)CC[C@]4(C)[C@H]3CC[C@]12C. The first-order chi connectivity index (χ1) is 13.3. The largest absolute Gasteiger partial charge is 0.481 e.